The van der Waals surface area contributed by atoms with Crippen molar-refractivity contribution in [2.24, 2.45) is 5.92 Å². The molecule has 2 atom stereocenters. The van der Waals surface area contributed by atoms with Gasteiger partial charge in [-0.3, -0.25) is 0 Å². The van der Waals surface area contributed by atoms with Crippen molar-refractivity contribution in [1.82, 2.24) is 20.4 Å². The molecule has 0 radical (unpaired) electrons. The first-order valence-corrected chi connectivity index (χ1v) is 8.11. The van der Waals surface area contributed by atoms with E-state index in [2.05, 4.69) is 15.5 Å². The van der Waals surface area contributed by atoms with Crippen molar-refractivity contribution >= 4 is 6.03 Å². The van der Waals surface area contributed by atoms with Gasteiger partial charge in [-0.15, -0.1) is 0 Å². The number of nitrogens with zero attached hydrogens (tertiary/aromatic N) is 3. The van der Waals surface area contributed by atoms with Gasteiger partial charge < -0.3 is 19.8 Å². The van der Waals surface area contributed by atoms with Crippen LogP contribution in [0.4, 0.5) is 4.79 Å². The van der Waals surface area contributed by atoms with E-state index in [9.17, 15) is 9.90 Å². The summed E-state index contributed by atoms with van der Waals surface area (Å²) in [5.74, 6) is 1.80. The molecule has 2 fully saturated rings. The highest BCUT2D eigenvalue weighted by Gasteiger charge is 2.34. The lowest BCUT2D eigenvalue weighted by Gasteiger charge is -2.27. The normalized spacial score (nSPS) is 23.1. The van der Waals surface area contributed by atoms with Gasteiger partial charge in [-0.1, -0.05) is 19.0 Å². The van der Waals surface area contributed by atoms with E-state index in [0.717, 1.165) is 31.5 Å². The Kier molecular flexibility index (Phi) is 4.33. The zero-order chi connectivity index (χ0) is 15.7. The molecule has 2 heterocycles. The lowest BCUT2D eigenvalue weighted by atomic mass is 10.0. The number of aliphatic hydroxyl groups excluding tert-OH is 1. The minimum Gasteiger partial charge on any atom is -0.394 e. The van der Waals surface area contributed by atoms with Gasteiger partial charge in [0.15, 0.2) is 5.82 Å². The van der Waals surface area contributed by atoms with E-state index in [-0.39, 0.29) is 30.6 Å². The van der Waals surface area contributed by atoms with Gasteiger partial charge in [-0.05, 0) is 31.6 Å². The monoisotopic (exact) mass is 308 g/mol. The molecule has 22 heavy (non-hydrogen) atoms. The summed E-state index contributed by atoms with van der Waals surface area (Å²) < 4.78 is 5.36. The Hall–Kier alpha value is -1.63. The van der Waals surface area contributed by atoms with E-state index in [4.69, 9.17) is 4.52 Å². The van der Waals surface area contributed by atoms with Crippen LogP contribution in [-0.2, 0) is 0 Å². The van der Waals surface area contributed by atoms with Crippen LogP contribution >= 0.6 is 0 Å². The molecule has 0 spiro atoms. The van der Waals surface area contributed by atoms with Crippen molar-refractivity contribution in [2.45, 2.75) is 57.5 Å². The Balaban J connectivity index is 1.69. The number of hydrogen-bond acceptors (Lipinski definition) is 5. The average Bonchev–Trinajstić information content (AvgIpc) is 3.04. The van der Waals surface area contributed by atoms with Crippen molar-refractivity contribution in [1.29, 1.82) is 0 Å². The molecule has 7 nitrogen and oxygen atoms in total. The predicted molar refractivity (Wildman–Crippen MR) is 79.2 cm³/mol. The second-order valence-corrected chi connectivity index (χ2v) is 6.61. The number of hydrogen-bond donors (Lipinski definition) is 2. The highest BCUT2D eigenvalue weighted by atomic mass is 16.5. The van der Waals surface area contributed by atoms with Gasteiger partial charge in [0.05, 0.1) is 12.6 Å². The SMILES string of the molecule is CC(C)C(NC(=O)N1CCCC1CO)c1nc(C2CC2)no1. The van der Waals surface area contributed by atoms with E-state index < -0.39 is 0 Å². The maximum atomic E-state index is 12.5. The summed E-state index contributed by atoms with van der Waals surface area (Å²) in [5, 5.41) is 16.4. The van der Waals surface area contributed by atoms with Crippen LogP contribution in [0.1, 0.15) is 63.2 Å². The van der Waals surface area contributed by atoms with Crippen molar-refractivity contribution in [3.05, 3.63) is 11.7 Å². The molecule has 2 unspecified atom stereocenters. The van der Waals surface area contributed by atoms with E-state index in [1.807, 2.05) is 13.8 Å². The second-order valence-electron chi connectivity index (χ2n) is 6.61. The van der Waals surface area contributed by atoms with Crippen LogP contribution in [0.15, 0.2) is 4.52 Å². The minimum atomic E-state index is -0.299. The zero-order valence-electron chi connectivity index (χ0n) is 13.2. The van der Waals surface area contributed by atoms with Gasteiger partial charge in [-0.25, -0.2) is 4.79 Å². The summed E-state index contributed by atoms with van der Waals surface area (Å²) in [7, 11) is 0. The summed E-state index contributed by atoms with van der Waals surface area (Å²) >= 11 is 0. The Morgan fingerprint density at radius 1 is 1.45 bits per heavy atom. The Morgan fingerprint density at radius 3 is 2.86 bits per heavy atom. The van der Waals surface area contributed by atoms with Gasteiger partial charge in [-0.2, -0.15) is 4.98 Å². The molecule has 1 aromatic rings. The van der Waals surface area contributed by atoms with E-state index in [1.165, 1.54) is 0 Å². The molecule has 1 saturated carbocycles. The standard InChI is InChI=1S/C15H24N4O3/c1-9(2)12(14-17-13(18-22-14)10-5-6-10)16-15(21)19-7-3-4-11(19)8-20/h9-12,20H,3-8H2,1-2H3,(H,16,21). The van der Waals surface area contributed by atoms with Gasteiger partial charge in [0.2, 0.25) is 5.89 Å². The molecule has 0 aromatic carbocycles. The van der Waals surface area contributed by atoms with E-state index in [0.29, 0.717) is 18.4 Å². The molecule has 1 aliphatic carbocycles. The molecule has 3 rings (SSSR count). The van der Waals surface area contributed by atoms with Gasteiger partial charge in [0.1, 0.15) is 6.04 Å². The molecule has 122 valence electrons. The number of rotatable bonds is 5. The number of carbonyl (C=O) groups is 1. The summed E-state index contributed by atoms with van der Waals surface area (Å²) in [6.45, 7) is 4.71. The third kappa shape index (κ3) is 3.09. The van der Waals surface area contributed by atoms with Crippen molar-refractivity contribution < 1.29 is 14.4 Å². The van der Waals surface area contributed by atoms with Gasteiger partial charge in [0, 0.05) is 12.5 Å². The molecule has 1 saturated heterocycles. The first kappa shape index (κ1) is 15.3. The maximum absolute atomic E-state index is 12.5. The van der Waals surface area contributed by atoms with Crippen LogP contribution in [0.25, 0.3) is 0 Å². The van der Waals surface area contributed by atoms with Crippen LogP contribution < -0.4 is 5.32 Å². The summed E-state index contributed by atoms with van der Waals surface area (Å²) in [5.41, 5.74) is 0. The highest BCUT2D eigenvalue weighted by Crippen LogP contribution is 2.38. The molecule has 2 amide bonds. The predicted octanol–water partition coefficient (Wildman–Crippen LogP) is 1.81. The fourth-order valence-electron chi connectivity index (χ4n) is 2.90. The van der Waals surface area contributed by atoms with Gasteiger partial charge in [0.25, 0.3) is 0 Å². The second kappa shape index (κ2) is 6.24. The number of nitrogens with one attached hydrogen (secondary N) is 1. The minimum absolute atomic E-state index is 0.00610. The highest BCUT2D eigenvalue weighted by molar-refractivity contribution is 5.75. The first-order valence-electron chi connectivity index (χ1n) is 8.11. The van der Waals surface area contributed by atoms with Crippen LogP contribution in [0.3, 0.4) is 0 Å². The zero-order valence-corrected chi connectivity index (χ0v) is 13.2. The molecule has 7 heteroatoms. The van der Waals surface area contributed by atoms with Crippen LogP contribution in [0.5, 0.6) is 0 Å². The fourth-order valence-corrected chi connectivity index (χ4v) is 2.90. The quantitative estimate of drug-likeness (QED) is 0.865. The summed E-state index contributed by atoms with van der Waals surface area (Å²) in [4.78, 5) is 18.6. The molecule has 1 aliphatic heterocycles. The van der Waals surface area contributed by atoms with Crippen LogP contribution in [0.2, 0.25) is 0 Å². The average molecular weight is 308 g/mol. The topological polar surface area (TPSA) is 91.5 Å². The molecule has 2 N–H and O–H groups in total. The Labute approximate surface area is 130 Å². The van der Waals surface area contributed by atoms with Gasteiger partial charge >= 0.3 is 6.03 Å². The fraction of sp³-hybridized carbons (Fsp3) is 0.800. The molecule has 2 aliphatic rings. The third-order valence-electron chi connectivity index (χ3n) is 4.46. The first-order chi connectivity index (χ1) is 10.6. The number of aromatic nitrogens is 2. The molecule has 1 aromatic heterocycles. The maximum Gasteiger partial charge on any atom is 0.318 e. The van der Waals surface area contributed by atoms with Crippen molar-refractivity contribution in [2.75, 3.05) is 13.2 Å². The van der Waals surface area contributed by atoms with E-state index >= 15 is 0 Å². The summed E-state index contributed by atoms with van der Waals surface area (Å²) in [6.07, 6.45) is 4.01. The summed E-state index contributed by atoms with van der Waals surface area (Å²) in [6, 6.07) is -0.550. The smallest absolute Gasteiger partial charge is 0.318 e. The molecular weight excluding hydrogens is 284 g/mol. The van der Waals surface area contributed by atoms with Crippen LogP contribution in [0, 0.1) is 5.92 Å². The number of likely N-dealkylation sites (tertiary alicyclic amines) is 1. The van der Waals surface area contributed by atoms with Crippen LogP contribution in [-0.4, -0.2) is 45.4 Å². The number of carbonyl (C=O) groups excluding carboxylic acids is 1. The lowest BCUT2D eigenvalue weighted by Crippen LogP contribution is -2.46. The van der Waals surface area contributed by atoms with Crippen molar-refractivity contribution in [3.8, 4) is 0 Å². The van der Waals surface area contributed by atoms with E-state index in [1.54, 1.807) is 4.90 Å². The number of aliphatic hydroxyl groups is 1. The van der Waals surface area contributed by atoms with Crippen molar-refractivity contribution in [3.63, 3.8) is 0 Å². The Bertz CT molecular complexity index is 527. The third-order valence-corrected chi connectivity index (χ3v) is 4.46. The molecular formula is C15H24N4O3. The Morgan fingerprint density at radius 2 is 2.23 bits per heavy atom. The number of urea groups is 1. The lowest BCUT2D eigenvalue weighted by molar-refractivity contribution is 0.150. The molecule has 0 bridgehead atoms. The largest absolute Gasteiger partial charge is 0.394 e. The number of amides is 2.